The molecule has 7 heteroatoms. The molecule has 0 radical (unpaired) electrons. The highest BCUT2D eigenvalue weighted by Crippen LogP contribution is 2.57. The van der Waals surface area contributed by atoms with Crippen LogP contribution in [0.4, 0.5) is 34.1 Å². The van der Waals surface area contributed by atoms with Crippen molar-refractivity contribution in [1.29, 1.82) is 10.5 Å². The fraction of sp³-hybridized carbons (Fsp3) is 0.140. The standard InChI is InChI=1S/C114H93BN6/c1-111(2,3)82-50-42-73(43-51-82)94-62-80(88-32-18-16-30-77(88)70-116)63-95(74-44-52-83(53-45-74)112(4,5)6)109(94)120-104-68-86(118-100-38-24-20-34-90(100)91-35-21-25-39-101(91)118)58-60-98(104)115-99-61-59-87(119-102-40-26-22-36-92(102)93-37-23-27-41-103(93)119)69-105(99)121(107-67-79(66-106(120)108(107)115)72-28-14-13-15-29-72)110-96(75-46-54-84(55-47-75)113(7,8)9)64-81(89-33-19-17-31-78(89)71-117)65-97(110)76-48-56-85(57-49-76)114(10,11)12/h13-69H,1-12H3. The zero-order chi connectivity index (χ0) is 83.1. The van der Waals surface area contributed by atoms with Gasteiger partial charge in [0.15, 0.2) is 0 Å². The molecule has 20 rings (SSSR count). The first-order valence-electron chi connectivity index (χ1n) is 42.3. The molecule has 0 unspecified atom stereocenters. The summed E-state index contributed by atoms with van der Waals surface area (Å²) in [5.41, 5.74) is 35.4. The Labute approximate surface area is 710 Å². The molecule has 582 valence electrons. The Morgan fingerprint density at radius 1 is 0.240 bits per heavy atom. The van der Waals surface area contributed by atoms with Gasteiger partial charge in [0.05, 0.1) is 56.7 Å². The summed E-state index contributed by atoms with van der Waals surface area (Å²) in [5.74, 6) is 0. The van der Waals surface area contributed by atoms with Crippen LogP contribution in [-0.2, 0) is 21.7 Å². The van der Waals surface area contributed by atoms with Gasteiger partial charge >= 0.3 is 0 Å². The summed E-state index contributed by atoms with van der Waals surface area (Å²) in [4.78, 5) is 5.34. The minimum Gasteiger partial charge on any atom is -0.310 e. The lowest BCUT2D eigenvalue weighted by atomic mass is 9.33. The first kappa shape index (κ1) is 75.5. The Morgan fingerprint density at radius 2 is 0.529 bits per heavy atom. The molecule has 4 heterocycles. The van der Waals surface area contributed by atoms with Gasteiger partial charge in [0, 0.05) is 77.9 Å². The van der Waals surface area contributed by atoms with E-state index in [1.807, 2.05) is 24.3 Å². The largest absolute Gasteiger partial charge is 0.310 e. The summed E-state index contributed by atoms with van der Waals surface area (Å²) in [5, 5.41) is 27.2. The zero-order valence-electron chi connectivity index (χ0n) is 70.7. The maximum atomic E-state index is 11.3. The summed E-state index contributed by atoms with van der Waals surface area (Å²) < 4.78 is 4.95. The fourth-order valence-electron chi connectivity index (χ4n) is 19.1. The molecule has 0 aliphatic carbocycles. The van der Waals surface area contributed by atoms with Crippen molar-refractivity contribution in [3.8, 4) is 101 Å². The van der Waals surface area contributed by atoms with Gasteiger partial charge in [-0.25, -0.2) is 0 Å². The lowest BCUT2D eigenvalue weighted by Gasteiger charge is -2.46. The monoisotopic (exact) mass is 1560 g/mol. The number of aromatic nitrogens is 2. The lowest BCUT2D eigenvalue weighted by molar-refractivity contribution is 0.590. The highest BCUT2D eigenvalue weighted by Gasteiger charge is 2.46. The number of benzene rings is 16. The summed E-state index contributed by atoms with van der Waals surface area (Å²) in [7, 11) is 0. The van der Waals surface area contributed by atoms with Gasteiger partial charge in [-0.15, -0.1) is 0 Å². The molecule has 2 aliphatic rings. The number of para-hydroxylation sites is 4. The van der Waals surface area contributed by atoms with Crippen LogP contribution in [0, 0.1) is 22.7 Å². The SMILES string of the molecule is CC(C)(C)c1ccc(-c2cc(-c3ccccc3C#N)cc(-c3ccc(C(C)(C)C)cc3)c2N2c3cc(-n4c5ccccc5c5ccccc54)ccc3B3c4ccc(-n5c6ccccc6c6ccccc65)cc4N(c4c(-c5ccc(C(C)(C)C)cc5)cc(-c5ccccc5C#N)cc4-c4ccc(C(C)(C)C)cc4)c4cc(-c5ccccc5)cc2c43)cc1. The molecule has 0 bridgehead atoms. The van der Waals surface area contributed by atoms with Gasteiger partial charge in [0.25, 0.3) is 6.71 Å². The normalized spacial score (nSPS) is 12.7. The smallest absolute Gasteiger partial charge is 0.252 e. The van der Waals surface area contributed by atoms with E-state index in [9.17, 15) is 10.5 Å². The highest BCUT2D eigenvalue weighted by atomic mass is 15.2. The molecule has 121 heavy (non-hydrogen) atoms. The molecule has 6 nitrogen and oxygen atoms in total. The molecular formula is C114H93BN6. The van der Waals surface area contributed by atoms with Gasteiger partial charge in [0.2, 0.25) is 0 Å². The molecule has 0 N–H and O–H groups in total. The Kier molecular flexibility index (Phi) is 18.0. The molecule has 2 aromatic heterocycles. The maximum Gasteiger partial charge on any atom is 0.252 e. The van der Waals surface area contributed by atoms with Gasteiger partial charge in [-0.2, -0.15) is 10.5 Å². The molecule has 0 spiro atoms. The number of rotatable bonds is 11. The number of fused-ring (bicyclic) bond motifs is 10. The Hall–Kier alpha value is -14.2. The highest BCUT2D eigenvalue weighted by molar-refractivity contribution is 7.00. The average Bonchev–Trinajstić information content (AvgIpc) is 0.971. The molecule has 0 saturated heterocycles. The van der Waals surface area contributed by atoms with Crippen LogP contribution in [0.1, 0.15) is 116 Å². The van der Waals surface area contributed by atoms with Crippen molar-refractivity contribution in [2.45, 2.75) is 105 Å². The molecule has 16 aromatic carbocycles. The number of nitrogens with zero attached hydrogens (tertiary/aromatic N) is 6. The second kappa shape index (κ2) is 28.8. The first-order chi connectivity index (χ1) is 58.5. The maximum absolute atomic E-state index is 11.3. The van der Waals surface area contributed by atoms with Crippen LogP contribution in [0.15, 0.2) is 346 Å². The summed E-state index contributed by atoms with van der Waals surface area (Å²) in [6.45, 7) is 27.1. The molecule has 0 atom stereocenters. The van der Waals surface area contributed by atoms with E-state index in [4.69, 9.17) is 0 Å². The van der Waals surface area contributed by atoms with Crippen LogP contribution < -0.4 is 26.2 Å². The van der Waals surface area contributed by atoms with Gasteiger partial charge in [-0.05, 0) is 213 Å². The van der Waals surface area contributed by atoms with E-state index in [2.05, 4.69) is 436 Å². The van der Waals surface area contributed by atoms with E-state index in [1.165, 1.54) is 43.8 Å². The third-order valence-electron chi connectivity index (χ3n) is 25.5. The number of anilines is 6. The lowest BCUT2D eigenvalue weighted by Crippen LogP contribution is -2.61. The van der Waals surface area contributed by atoms with Gasteiger partial charge in [-0.3, -0.25) is 0 Å². The number of nitriles is 2. The zero-order valence-corrected chi connectivity index (χ0v) is 70.7. The third kappa shape index (κ3) is 12.8. The van der Waals surface area contributed by atoms with Gasteiger partial charge < -0.3 is 18.9 Å². The van der Waals surface area contributed by atoms with Crippen molar-refractivity contribution >= 4 is 101 Å². The quantitative estimate of drug-likeness (QED) is 0.121. The minimum absolute atomic E-state index is 0.144. The molecule has 18 aromatic rings. The molecule has 0 fully saturated rings. The molecular weight excluding hydrogens is 1460 g/mol. The van der Waals surface area contributed by atoms with Gasteiger partial charge in [-0.1, -0.05) is 332 Å². The number of hydrogen-bond donors (Lipinski definition) is 0. The van der Waals surface area contributed by atoms with E-state index in [0.29, 0.717) is 11.1 Å². The van der Waals surface area contributed by atoms with Crippen LogP contribution >= 0.6 is 0 Å². The van der Waals surface area contributed by atoms with E-state index < -0.39 is 0 Å². The second-order valence-electron chi connectivity index (χ2n) is 37.1. The second-order valence-corrected chi connectivity index (χ2v) is 37.1. The van der Waals surface area contributed by atoms with E-state index >= 15 is 0 Å². The first-order valence-corrected chi connectivity index (χ1v) is 42.3. The van der Waals surface area contributed by atoms with Crippen LogP contribution in [0.5, 0.6) is 0 Å². The Balaban J connectivity index is 0.996. The third-order valence-corrected chi connectivity index (χ3v) is 25.5. The van der Waals surface area contributed by atoms with E-state index in [0.717, 1.165) is 162 Å². The van der Waals surface area contributed by atoms with E-state index in [-0.39, 0.29) is 28.4 Å². The Bertz CT molecular complexity index is 6620. The van der Waals surface area contributed by atoms with Crippen LogP contribution in [-0.4, -0.2) is 15.8 Å². The van der Waals surface area contributed by atoms with Crippen molar-refractivity contribution in [2.24, 2.45) is 0 Å². The average molecular weight is 1560 g/mol. The van der Waals surface area contributed by atoms with Crippen molar-refractivity contribution < 1.29 is 0 Å². The number of hydrogen-bond acceptors (Lipinski definition) is 4. The van der Waals surface area contributed by atoms with Crippen molar-refractivity contribution in [3.05, 3.63) is 379 Å². The summed E-state index contributed by atoms with van der Waals surface area (Å²) >= 11 is 0. The van der Waals surface area contributed by atoms with Crippen molar-refractivity contribution in [3.63, 3.8) is 0 Å². The summed E-state index contributed by atoms with van der Waals surface area (Å²) in [6, 6.07) is 134. The molecule has 0 amide bonds. The van der Waals surface area contributed by atoms with Crippen molar-refractivity contribution in [1.82, 2.24) is 9.13 Å². The van der Waals surface area contributed by atoms with Gasteiger partial charge in [0.1, 0.15) is 0 Å². The van der Waals surface area contributed by atoms with Crippen molar-refractivity contribution in [2.75, 3.05) is 9.80 Å². The van der Waals surface area contributed by atoms with Crippen LogP contribution in [0.2, 0.25) is 0 Å². The predicted octanol–water partition coefficient (Wildman–Crippen LogP) is 28.6. The van der Waals surface area contributed by atoms with Crippen LogP contribution in [0.3, 0.4) is 0 Å². The molecule has 2 aliphatic heterocycles. The molecule has 0 saturated carbocycles. The van der Waals surface area contributed by atoms with E-state index in [1.54, 1.807) is 0 Å². The minimum atomic E-state index is -0.386. The van der Waals surface area contributed by atoms with Crippen LogP contribution in [0.25, 0.3) is 133 Å². The Morgan fingerprint density at radius 3 is 0.835 bits per heavy atom. The predicted molar refractivity (Wildman–Crippen MR) is 511 cm³/mol. The fourth-order valence-corrected chi connectivity index (χ4v) is 19.1. The summed E-state index contributed by atoms with van der Waals surface area (Å²) in [6.07, 6.45) is 0. The topological polar surface area (TPSA) is 63.9 Å².